The molecule has 0 fully saturated rings. The highest BCUT2D eigenvalue weighted by Crippen LogP contribution is 2.32. The number of nitrogens with zero attached hydrogens (tertiary/aromatic N) is 2. The number of amides is 1. The van der Waals surface area contributed by atoms with Crippen molar-refractivity contribution in [2.24, 2.45) is 4.99 Å². The van der Waals surface area contributed by atoms with E-state index in [-0.39, 0.29) is 18.1 Å². The molecule has 4 rings (SSSR count). The first-order chi connectivity index (χ1) is 14.5. The van der Waals surface area contributed by atoms with Gasteiger partial charge in [-0.15, -0.1) is 0 Å². The predicted molar refractivity (Wildman–Crippen MR) is 115 cm³/mol. The molecule has 8 nitrogen and oxygen atoms in total. The van der Waals surface area contributed by atoms with Gasteiger partial charge in [0.1, 0.15) is 18.0 Å². The van der Waals surface area contributed by atoms with Gasteiger partial charge in [-0.1, -0.05) is 18.2 Å². The van der Waals surface area contributed by atoms with Crippen molar-refractivity contribution < 1.29 is 14.6 Å². The van der Waals surface area contributed by atoms with E-state index in [1.165, 1.54) is 0 Å². The van der Waals surface area contributed by atoms with Crippen LogP contribution in [0, 0.1) is 0 Å². The van der Waals surface area contributed by atoms with Crippen LogP contribution in [0.25, 0.3) is 11.6 Å². The predicted octanol–water partition coefficient (Wildman–Crippen LogP) is 3.18. The number of para-hydroxylation sites is 1. The first kappa shape index (κ1) is 19.3. The summed E-state index contributed by atoms with van der Waals surface area (Å²) in [6.07, 6.45) is 3.30. The van der Waals surface area contributed by atoms with Gasteiger partial charge >= 0.3 is 5.69 Å². The number of imidazole rings is 1. The van der Waals surface area contributed by atoms with Gasteiger partial charge in [0.15, 0.2) is 0 Å². The molecule has 0 aliphatic carbocycles. The summed E-state index contributed by atoms with van der Waals surface area (Å²) in [5.41, 5.74) is 2.68. The second-order valence-corrected chi connectivity index (χ2v) is 6.63. The summed E-state index contributed by atoms with van der Waals surface area (Å²) in [4.78, 5) is 31.5. The number of nitrogens with one attached hydrogen (secondary N) is 2. The fourth-order valence-corrected chi connectivity index (χ4v) is 3.18. The maximum absolute atomic E-state index is 12.4. The lowest BCUT2D eigenvalue weighted by molar-refractivity contribution is -0.116. The van der Waals surface area contributed by atoms with E-state index in [9.17, 15) is 14.7 Å². The molecule has 0 spiro atoms. The van der Waals surface area contributed by atoms with Gasteiger partial charge in [0.05, 0.1) is 12.3 Å². The lowest BCUT2D eigenvalue weighted by atomic mass is 10.1. The Balaban J connectivity index is 1.50. The van der Waals surface area contributed by atoms with E-state index in [0.29, 0.717) is 18.0 Å². The van der Waals surface area contributed by atoms with E-state index in [4.69, 9.17) is 4.74 Å². The van der Waals surface area contributed by atoms with Gasteiger partial charge in [-0.2, -0.15) is 0 Å². The van der Waals surface area contributed by atoms with Gasteiger partial charge in [-0.3, -0.25) is 14.4 Å². The van der Waals surface area contributed by atoms with Crippen LogP contribution in [0.1, 0.15) is 18.2 Å². The summed E-state index contributed by atoms with van der Waals surface area (Å²) < 4.78 is 6.34. The molecule has 2 aromatic carbocycles. The van der Waals surface area contributed by atoms with Crippen LogP contribution in [0.15, 0.2) is 58.3 Å². The Morgan fingerprint density at radius 2 is 2.00 bits per heavy atom. The Hall–Kier alpha value is -4.07. The van der Waals surface area contributed by atoms with Gasteiger partial charge in [0.2, 0.25) is 11.8 Å². The van der Waals surface area contributed by atoms with E-state index in [2.05, 4.69) is 15.3 Å². The molecule has 0 unspecified atom stereocenters. The molecular weight excluding hydrogens is 384 g/mol. The Bertz CT molecular complexity index is 1200. The maximum atomic E-state index is 12.4. The average Bonchev–Trinajstić information content (AvgIpc) is 3.26. The molecule has 30 heavy (non-hydrogen) atoms. The molecule has 3 aromatic rings. The minimum atomic E-state index is -0.579. The van der Waals surface area contributed by atoms with Crippen LogP contribution in [0.5, 0.6) is 11.6 Å². The third kappa shape index (κ3) is 3.88. The fraction of sp³-hybridized carbons (Fsp3) is 0.136. The molecular formula is C22H20N4O4. The quantitative estimate of drug-likeness (QED) is 0.586. The largest absolute Gasteiger partial charge is 0.494 e. The summed E-state index contributed by atoms with van der Waals surface area (Å²) in [6.45, 7) is 2.11. The van der Waals surface area contributed by atoms with Crippen LogP contribution in [-0.4, -0.2) is 33.4 Å². The Morgan fingerprint density at radius 3 is 2.77 bits per heavy atom. The number of aromatic hydroxyl groups is 1. The molecule has 3 N–H and O–H groups in total. The number of rotatable bonds is 6. The zero-order valence-corrected chi connectivity index (χ0v) is 16.3. The van der Waals surface area contributed by atoms with E-state index in [1.54, 1.807) is 36.6 Å². The monoisotopic (exact) mass is 404 g/mol. The van der Waals surface area contributed by atoms with Crippen molar-refractivity contribution in [1.82, 2.24) is 9.55 Å². The van der Waals surface area contributed by atoms with E-state index in [0.717, 1.165) is 21.4 Å². The number of hydrogen-bond donors (Lipinski definition) is 3. The minimum Gasteiger partial charge on any atom is -0.494 e. The van der Waals surface area contributed by atoms with Crippen molar-refractivity contribution in [1.29, 1.82) is 0 Å². The molecule has 0 atom stereocenters. The number of carbonyl (C=O) groups is 1. The van der Waals surface area contributed by atoms with E-state index >= 15 is 0 Å². The van der Waals surface area contributed by atoms with Crippen LogP contribution in [0.2, 0.25) is 0 Å². The third-order valence-corrected chi connectivity index (χ3v) is 4.59. The number of allylic oxidation sites excluding steroid dienone is 1. The lowest BCUT2D eigenvalue weighted by Crippen LogP contribution is -2.25. The van der Waals surface area contributed by atoms with Crippen molar-refractivity contribution >= 4 is 35.1 Å². The Kier molecular flexibility index (Phi) is 5.21. The molecule has 1 aliphatic heterocycles. The molecule has 1 amide bonds. The van der Waals surface area contributed by atoms with Crippen molar-refractivity contribution in [2.75, 3.05) is 11.9 Å². The second-order valence-electron chi connectivity index (χ2n) is 6.63. The van der Waals surface area contributed by atoms with Crippen molar-refractivity contribution in [3.63, 3.8) is 0 Å². The number of carbonyl (C=O) groups excluding carboxylic acids is 1. The molecule has 1 aromatic heterocycles. The topological polar surface area (TPSA) is 109 Å². The van der Waals surface area contributed by atoms with Gasteiger partial charge in [0, 0.05) is 23.0 Å². The molecule has 8 heteroatoms. The zero-order chi connectivity index (χ0) is 21.1. The number of fused-ring (bicyclic) bond motifs is 1. The normalized spacial score (nSPS) is 13.4. The number of anilines is 1. The standard InChI is InChI=1S/C22H20N4O4/c1-2-30-16-9-7-15(8-10-16)24-20(27)13-26-21(28)19(25-22(26)29)11-14-12-23-18-6-4-3-5-17(14)18/h3-12,28H,2,13H2,1H3,(H,24,27)(H,25,29)/b14-11-. The van der Waals surface area contributed by atoms with Crippen molar-refractivity contribution in [3.8, 4) is 11.6 Å². The number of ether oxygens (including phenoxy) is 1. The first-order valence-electron chi connectivity index (χ1n) is 9.45. The van der Waals surface area contributed by atoms with Crippen LogP contribution < -0.4 is 15.7 Å². The maximum Gasteiger partial charge on any atom is 0.329 e. The van der Waals surface area contributed by atoms with Crippen molar-refractivity contribution in [2.45, 2.75) is 13.5 Å². The first-order valence-corrected chi connectivity index (χ1v) is 9.45. The number of aliphatic imine (C=N–C) groups is 1. The van der Waals surface area contributed by atoms with Gasteiger partial charge in [-0.05, 0) is 43.3 Å². The number of aromatic nitrogens is 2. The van der Waals surface area contributed by atoms with E-state index < -0.39 is 11.6 Å². The van der Waals surface area contributed by atoms with Crippen LogP contribution in [0.3, 0.4) is 0 Å². The zero-order valence-electron chi connectivity index (χ0n) is 16.3. The molecule has 0 bridgehead atoms. The number of hydrogen-bond acceptors (Lipinski definition) is 5. The number of H-pyrrole nitrogens is 1. The van der Waals surface area contributed by atoms with Gasteiger partial charge < -0.3 is 20.1 Å². The Morgan fingerprint density at radius 1 is 1.23 bits per heavy atom. The molecule has 0 saturated heterocycles. The summed E-state index contributed by atoms with van der Waals surface area (Å²) in [5, 5.41) is 13.2. The summed E-state index contributed by atoms with van der Waals surface area (Å²) >= 11 is 0. The van der Waals surface area contributed by atoms with Crippen molar-refractivity contribution in [3.05, 3.63) is 70.3 Å². The van der Waals surface area contributed by atoms with Crippen LogP contribution in [-0.2, 0) is 11.3 Å². The summed E-state index contributed by atoms with van der Waals surface area (Å²) in [7, 11) is 0. The van der Waals surface area contributed by atoms with Gasteiger partial charge in [-0.25, -0.2) is 4.79 Å². The SMILES string of the molecule is CCOc1ccc(NC(=O)Cn2c(O)c(/C=C3/C=Nc4ccccc43)[nH]c2=O)cc1. The molecule has 0 radical (unpaired) electrons. The highest BCUT2D eigenvalue weighted by molar-refractivity contribution is 6.21. The molecule has 0 saturated carbocycles. The highest BCUT2D eigenvalue weighted by atomic mass is 16.5. The lowest BCUT2D eigenvalue weighted by Gasteiger charge is -2.08. The Labute approximate surface area is 172 Å². The average molecular weight is 404 g/mol. The summed E-state index contributed by atoms with van der Waals surface area (Å²) in [6, 6.07) is 14.5. The third-order valence-electron chi connectivity index (χ3n) is 4.59. The fourth-order valence-electron chi connectivity index (χ4n) is 3.18. The number of benzene rings is 2. The smallest absolute Gasteiger partial charge is 0.329 e. The minimum absolute atomic E-state index is 0.215. The molecule has 1 aliphatic rings. The highest BCUT2D eigenvalue weighted by Gasteiger charge is 2.17. The second kappa shape index (κ2) is 8.12. The molecule has 152 valence electrons. The van der Waals surface area contributed by atoms with E-state index in [1.807, 2.05) is 31.2 Å². The van der Waals surface area contributed by atoms with Crippen LogP contribution >= 0.6 is 0 Å². The summed E-state index contributed by atoms with van der Waals surface area (Å²) in [5.74, 6) is -0.0561. The molecule has 2 heterocycles. The van der Waals surface area contributed by atoms with Gasteiger partial charge in [0.25, 0.3) is 0 Å². The van der Waals surface area contributed by atoms with Crippen LogP contribution in [0.4, 0.5) is 11.4 Å². The number of aromatic amines is 1.